The zero-order valence-corrected chi connectivity index (χ0v) is 14.1. The molecule has 0 aliphatic carbocycles. The smallest absolute Gasteiger partial charge is 0.244 e. The minimum Gasteiger partial charge on any atom is -0.486 e. The van der Waals surface area contributed by atoms with Gasteiger partial charge in [0.15, 0.2) is 11.5 Å². The Bertz CT molecular complexity index is 968. The molecule has 0 spiro atoms. The number of amides is 1. The molecule has 0 bridgehead atoms. The van der Waals surface area contributed by atoms with Gasteiger partial charge in [-0.05, 0) is 30.3 Å². The van der Waals surface area contributed by atoms with Gasteiger partial charge in [0.05, 0.1) is 17.8 Å². The van der Waals surface area contributed by atoms with E-state index in [-0.39, 0.29) is 12.0 Å². The number of rotatable bonds is 4. The summed E-state index contributed by atoms with van der Waals surface area (Å²) in [5.74, 6) is 1.24. The highest BCUT2D eigenvalue weighted by molar-refractivity contribution is 5.91. The SMILES string of the molecule is O=C(/C=C/c1ccc2ccccc2n1)NC[C@@H]1COc2ccccc2O1. The molecule has 1 aliphatic heterocycles. The van der Waals surface area contributed by atoms with Gasteiger partial charge in [-0.3, -0.25) is 4.79 Å². The molecule has 0 saturated carbocycles. The van der Waals surface area contributed by atoms with Gasteiger partial charge >= 0.3 is 0 Å². The number of pyridine rings is 1. The van der Waals surface area contributed by atoms with Crippen LogP contribution in [0.15, 0.2) is 66.7 Å². The molecule has 2 aromatic carbocycles. The summed E-state index contributed by atoms with van der Waals surface area (Å²) in [7, 11) is 0. The Morgan fingerprint density at radius 2 is 1.88 bits per heavy atom. The summed E-state index contributed by atoms with van der Waals surface area (Å²) in [5, 5.41) is 3.91. The first-order valence-corrected chi connectivity index (χ1v) is 8.48. The first-order chi connectivity index (χ1) is 12.8. The predicted molar refractivity (Wildman–Crippen MR) is 100 cm³/mol. The molecule has 1 atom stereocenters. The van der Waals surface area contributed by atoms with E-state index in [1.165, 1.54) is 6.08 Å². The van der Waals surface area contributed by atoms with Crippen LogP contribution >= 0.6 is 0 Å². The average Bonchev–Trinajstić information content (AvgIpc) is 2.70. The first-order valence-electron chi connectivity index (χ1n) is 8.48. The molecule has 0 radical (unpaired) electrons. The highest BCUT2D eigenvalue weighted by atomic mass is 16.6. The van der Waals surface area contributed by atoms with Crippen LogP contribution < -0.4 is 14.8 Å². The molecule has 1 aliphatic rings. The number of nitrogens with zero attached hydrogens (tertiary/aromatic N) is 1. The molecule has 5 nitrogen and oxygen atoms in total. The van der Waals surface area contributed by atoms with Crippen molar-refractivity contribution in [2.24, 2.45) is 0 Å². The minimum atomic E-state index is -0.207. The maximum Gasteiger partial charge on any atom is 0.244 e. The third-order valence-corrected chi connectivity index (χ3v) is 4.10. The number of fused-ring (bicyclic) bond motifs is 2. The molecule has 1 N–H and O–H groups in total. The topological polar surface area (TPSA) is 60.5 Å². The van der Waals surface area contributed by atoms with E-state index in [1.54, 1.807) is 6.08 Å². The molecule has 3 aromatic rings. The van der Waals surface area contributed by atoms with Crippen molar-refractivity contribution in [3.05, 3.63) is 72.4 Å². The molecule has 1 aromatic heterocycles. The fourth-order valence-corrected chi connectivity index (χ4v) is 2.77. The quantitative estimate of drug-likeness (QED) is 0.737. The number of aromatic nitrogens is 1. The van der Waals surface area contributed by atoms with Crippen LogP contribution in [0.4, 0.5) is 0 Å². The monoisotopic (exact) mass is 346 g/mol. The van der Waals surface area contributed by atoms with Gasteiger partial charge in [-0.2, -0.15) is 0 Å². The Kier molecular flexibility index (Phi) is 4.51. The van der Waals surface area contributed by atoms with Crippen molar-refractivity contribution >= 4 is 22.9 Å². The normalized spacial score (nSPS) is 15.9. The zero-order valence-electron chi connectivity index (χ0n) is 14.1. The van der Waals surface area contributed by atoms with Crippen LogP contribution in [0, 0.1) is 0 Å². The van der Waals surface area contributed by atoms with E-state index in [2.05, 4.69) is 10.3 Å². The number of carbonyl (C=O) groups excluding carboxylic acids is 1. The van der Waals surface area contributed by atoms with Crippen molar-refractivity contribution < 1.29 is 14.3 Å². The zero-order chi connectivity index (χ0) is 17.8. The lowest BCUT2D eigenvalue weighted by molar-refractivity contribution is -0.116. The number of carbonyl (C=O) groups is 1. The molecule has 0 unspecified atom stereocenters. The summed E-state index contributed by atoms with van der Waals surface area (Å²) in [5.41, 5.74) is 1.64. The number of nitrogens with one attached hydrogen (secondary N) is 1. The minimum absolute atomic E-state index is 0.192. The standard InChI is InChI=1S/C21H18N2O3/c24-21(12-11-16-10-9-15-5-1-2-6-18(15)23-16)22-13-17-14-25-19-7-3-4-8-20(19)26-17/h1-12,17H,13-14H2,(H,22,24)/b12-11+/t17-/m1/s1. The highest BCUT2D eigenvalue weighted by Crippen LogP contribution is 2.30. The van der Waals surface area contributed by atoms with E-state index in [0.29, 0.717) is 18.9 Å². The van der Waals surface area contributed by atoms with E-state index in [1.807, 2.05) is 60.7 Å². The summed E-state index contributed by atoms with van der Waals surface area (Å²) in [4.78, 5) is 16.6. The van der Waals surface area contributed by atoms with Crippen molar-refractivity contribution in [1.82, 2.24) is 10.3 Å². The molecule has 4 rings (SSSR count). The van der Waals surface area contributed by atoms with Crippen molar-refractivity contribution in [1.29, 1.82) is 0 Å². The van der Waals surface area contributed by atoms with E-state index >= 15 is 0 Å². The van der Waals surface area contributed by atoms with Crippen LogP contribution in [0.1, 0.15) is 5.69 Å². The van der Waals surface area contributed by atoms with Crippen LogP contribution in [-0.2, 0) is 4.79 Å². The van der Waals surface area contributed by atoms with Gasteiger partial charge in [-0.1, -0.05) is 36.4 Å². The number of ether oxygens (including phenoxy) is 2. The fourth-order valence-electron chi connectivity index (χ4n) is 2.77. The van der Waals surface area contributed by atoms with Gasteiger partial charge in [-0.25, -0.2) is 4.98 Å². The molecule has 26 heavy (non-hydrogen) atoms. The van der Waals surface area contributed by atoms with Gasteiger partial charge in [0, 0.05) is 11.5 Å². The second-order valence-corrected chi connectivity index (χ2v) is 6.00. The van der Waals surface area contributed by atoms with Gasteiger partial charge < -0.3 is 14.8 Å². The van der Waals surface area contributed by atoms with Crippen LogP contribution in [0.3, 0.4) is 0 Å². The molecular formula is C21H18N2O3. The Labute approximate surface area is 151 Å². The van der Waals surface area contributed by atoms with Crippen molar-refractivity contribution in [2.45, 2.75) is 6.10 Å². The maximum absolute atomic E-state index is 12.0. The first kappa shape index (κ1) is 16.1. The third kappa shape index (κ3) is 3.67. The van der Waals surface area contributed by atoms with E-state index in [0.717, 1.165) is 22.3 Å². The van der Waals surface area contributed by atoms with Gasteiger partial charge in [0.1, 0.15) is 12.7 Å². The highest BCUT2D eigenvalue weighted by Gasteiger charge is 2.20. The molecule has 5 heteroatoms. The Hall–Kier alpha value is -3.34. The average molecular weight is 346 g/mol. The molecule has 0 fully saturated rings. The van der Waals surface area contributed by atoms with E-state index in [9.17, 15) is 4.79 Å². The molecule has 1 amide bonds. The Morgan fingerprint density at radius 1 is 1.08 bits per heavy atom. The lowest BCUT2D eigenvalue weighted by Crippen LogP contribution is -2.40. The molecule has 2 heterocycles. The summed E-state index contributed by atoms with van der Waals surface area (Å²) in [6, 6.07) is 19.3. The van der Waals surface area contributed by atoms with Gasteiger partial charge in [0.25, 0.3) is 0 Å². The van der Waals surface area contributed by atoms with E-state index < -0.39 is 0 Å². The van der Waals surface area contributed by atoms with Crippen molar-refractivity contribution in [2.75, 3.05) is 13.2 Å². The summed E-state index contributed by atoms with van der Waals surface area (Å²) < 4.78 is 11.5. The second kappa shape index (κ2) is 7.27. The maximum atomic E-state index is 12.0. The molecular weight excluding hydrogens is 328 g/mol. The van der Waals surface area contributed by atoms with Gasteiger partial charge in [-0.15, -0.1) is 0 Å². The van der Waals surface area contributed by atoms with E-state index in [4.69, 9.17) is 9.47 Å². The molecule has 0 saturated heterocycles. The number of hydrogen-bond acceptors (Lipinski definition) is 4. The number of hydrogen-bond donors (Lipinski definition) is 1. The summed E-state index contributed by atoms with van der Waals surface area (Å²) in [6.07, 6.45) is 2.98. The predicted octanol–water partition coefficient (Wildman–Crippen LogP) is 3.20. The third-order valence-electron chi connectivity index (χ3n) is 4.10. The largest absolute Gasteiger partial charge is 0.486 e. The van der Waals surface area contributed by atoms with Crippen LogP contribution in [0.2, 0.25) is 0 Å². The van der Waals surface area contributed by atoms with Gasteiger partial charge in [0.2, 0.25) is 5.91 Å². The van der Waals surface area contributed by atoms with Crippen molar-refractivity contribution in [3.8, 4) is 11.5 Å². The van der Waals surface area contributed by atoms with Crippen LogP contribution in [0.5, 0.6) is 11.5 Å². The summed E-state index contributed by atoms with van der Waals surface area (Å²) in [6.45, 7) is 0.788. The second-order valence-electron chi connectivity index (χ2n) is 6.00. The lowest BCUT2D eigenvalue weighted by Gasteiger charge is -2.26. The fraction of sp³-hybridized carbons (Fsp3) is 0.143. The lowest BCUT2D eigenvalue weighted by atomic mass is 10.2. The Balaban J connectivity index is 1.33. The number of para-hydroxylation sites is 3. The van der Waals surface area contributed by atoms with Crippen molar-refractivity contribution in [3.63, 3.8) is 0 Å². The Morgan fingerprint density at radius 3 is 2.81 bits per heavy atom. The van der Waals surface area contributed by atoms with Crippen LogP contribution in [0.25, 0.3) is 17.0 Å². The summed E-state index contributed by atoms with van der Waals surface area (Å²) >= 11 is 0. The number of benzene rings is 2. The van der Waals surface area contributed by atoms with Crippen LogP contribution in [-0.4, -0.2) is 30.1 Å². The molecule has 130 valence electrons.